The van der Waals surface area contributed by atoms with Crippen LogP contribution in [-0.2, 0) is 10.2 Å². The Morgan fingerprint density at radius 1 is 1.20 bits per heavy atom. The molecule has 1 saturated heterocycles. The third kappa shape index (κ3) is 4.48. The highest BCUT2D eigenvalue weighted by molar-refractivity contribution is 6.30. The maximum Gasteiger partial charge on any atom is 0.267 e. The van der Waals surface area contributed by atoms with Gasteiger partial charge in [0.25, 0.3) is 5.56 Å². The molecule has 1 amide bonds. The van der Waals surface area contributed by atoms with Gasteiger partial charge in [-0.25, -0.2) is 4.68 Å². The molecule has 9 heteroatoms. The van der Waals surface area contributed by atoms with E-state index in [1.165, 1.54) is 5.56 Å². The quantitative estimate of drug-likeness (QED) is 0.743. The summed E-state index contributed by atoms with van der Waals surface area (Å²) in [5.74, 6) is 0.646. The van der Waals surface area contributed by atoms with Crippen molar-refractivity contribution >= 4 is 35.7 Å². The summed E-state index contributed by atoms with van der Waals surface area (Å²) in [6, 6.07) is 11.2. The fourth-order valence-electron chi connectivity index (χ4n) is 4.51. The Morgan fingerprint density at radius 2 is 1.97 bits per heavy atom. The van der Waals surface area contributed by atoms with Gasteiger partial charge in [-0.15, -0.1) is 12.4 Å². The number of nitrogens with zero attached hydrogens (tertiary/aromatic N) is 3. The first kappa shape index (κ1) is 22.6. The molecule has 0 radical (unpaired) electrons. The SMILES string of the molecule is Cl.NC[C@]1(c2cccc(Cl)c2)CC[C@@H](n2nc(N3CCNC(=O)C3)ccc2=O)CC1. The minimum absolute atomic E-state index is 0. The normalized spacial score (nSPS) is 24.1. The zero-order valence-corrected chi connectivity index (χ0v) is 18.3. The highest BCUT2D eigenvalue weighted by Crippen LogP contribution is 2.42. The standard InChI is InChI=1S/C21H26ClN5O2.ClH/c22-16-3-1-2-15(12-16)21(14-23)8-6-17(7-9-21)27-20(29)5-4-18(25-27)26-11-10-24-19(28)13-26;/h1-5,12,17H,6-11,13-14,23H2,(H,24,28);1H/t17-,21+;. The molecule has 0 bridgehead atoms. The van der Waals surface area contributed by atoms with Crippen molar-refractivity contribution < 1.29 is 4.79 Å². The van der Waals surface area contributed by atoms with E-state index in [0.29, 0.717) is 30.5 Å². The van der Waals surface area contributed by atoms with Crippen molar-refractivity contribution in [2.75, 3.05) is 31.1 Å². The van der Waals surface area contributed by atoms with Gasteiger partial charge in [0.2, 0.25) is 5.91 Å². The molecule has 2 heterocycles. The molecular weight excluding hydrogens is 425 g/mol. The second-order valence-electron chi connectivity index (χ2n) is 7.97. The van der Waals surface area contributed by atoms with E-state index in [1.54, 1.807) is 16.8 Å². The van der Waals surface area contributed by atoms with Crippen LogP contribution in [0, 0.1) is 0 Å². The lowest BCUT2D eigenvalue weighted by Gasteiger charge is -2.40. The van der Waals surface area contributed by atoms with Gasteiger partial charge in [-0.1, -0.05) is 23.7 Å². The number of carbonyl (C=O) groups is 1. The first-order valence-corrected chi connectivity index (χ1v) is 10.5. The monoisotopic (exact) mass is 451 g/mol. The average Bonchev–Trinajstić information content (AvgIpc) is 2.74. The smallest absolute Gasteiger partial charge is 0.267 e. The van der Waals surface area contributed by atoms with Crippen LogP contribution in [0.25, 0.3) is 0 Å². The Morgan fingerprint density at radius 3 is 2.63 bits per heavy atom. The highest BCUT2D eigenvalue weighted by Gasteiger charge is 2.37. The number of anilines is 1. The molecule has 7 nitrogen and oxygen atoms in total. The number of aromatic nitrogens is 2. The Kier molecular flexibility index (Phi) is 7.06. The minimum Gasteiger partial charge on any atom is -0.353 e. The lowest BCUT2D eigenvalue weighted by Crippen LogP contribution is -2.48. The molecule has 4 rings (SSSR count). The topological polar surface area (TPSA) is 93.2 Å². The zero-order valence-electron chi connectivity index (χ0n) is 16.7. The largest absolute Gasteiger partial charge is 0.353 e. The van der Waals surface area contributed by atoms with Crippen LogP contribution in [0.15, 0.2) is 41.2 Å². The molecule has 30 heavy (non-hydrogen) atoms. The Balaban J connectivity index is 0.00000256. The van der Waals surface area contributed by atoms with Crippen LogP contribution in [0.1, 0.15) is 37.3 Å². The number of halogens is 2. The number of rotatable bonds is 4. The summed E-state index contributed by atoms with van der Waals surface area (Å²) in [5.41, 5.74) is 7.14. The zero-order chi connectivity index (χ0) is 20.4. The minimum atomic E-state index is -0.117. The van der Waals surface area contributed by atoms with E-state index in [9.17, 15) is 9.59 Å². The van der Waals surface area contributed by atoms with Crippen molar-refractivity contribution in [2.45, 2.75) is 37.1 Å². The van der Waals surface area contributed by atoms with Crippen LogP contribution in [-0.4, -0.2) is 41.9 Å². The first-order chi connectivity index (χ1) is 14.0. The maximum absolute atomic E-state index is 12.5. The van der Waals surface area contributed by atoms with E-state index < -0.39 is 0 Å². The third-order valence-corrected chi connectivity index (χ3v) is 6.49. The molecule has 2 aromatic rings. The molecule has 0 spiro atoms. The van der Waals surface area contributed by atoms with E-state index in [2.05, 4.69) is 16.5 Å². The van der Waals surface area contributed by atoms with Gasteiger partial charge in [-0.2, -0.15) is 5.10 Å². The van der Waals surface area contributed by atoms with Crippen molar-refractivity contribution in [1.29, 1.82) is 0 Å². The fourth-order valence-corrected chi connectivity index (χ4v) is 4.70. The van der Waals surface area contributed by atoms with Gasteiger partial charge in [0, 0.05) is 36.1 Å². The fraction of sp³-hybridized carbons (Fsp3) is 0.476. The lowest BCUT2D eigenvalue weighted by atomic mass is 9.68. The summed E-state index contributed by atoms with van der Waals surface area (Å²) in [5, 5.41) is 8.14. The number of carbonyl (C=O) groups excluding carboxylic acids is 1. The third-order valence-electron chi connectivity index (χ3n) is 6.26. The van der Waals surface area contributed by atoms with Crippen LogP contribution in [0.3, 0.4) is 0 Å². The Labute approximate surface area is 187 Å². The molecule has 0 atom stereocenters. The van der Waals surface area contributed by atoms with Crippen molar-refractivity contribution in [1.82, 2.24) is 15.1 Å². The van der Waals surface area contributed by atoms with Crippen LogP contribution in [0.2, 0.25) is 5.02 Å². The summed E-state index contributed by atoms with van der Waals surface area (Å²) in [6.45, 7) is 2.08. The molecule has 0 unspecified atom stereocenters. The van der Waals surface area contributed by atoms with Gasteiger partial charge < -0.3 is 16.0 Å². The molecule has 162 valence electrons. The van der Waals surface area contributed by atoms with Crippen LogP contribution in [0.4, 0.5) is 5.82 Å². The van der Waals surface area contributed by atoms with Gasteiger partial charge in [0.05, 0.1) is 12.6 Å². The summed E-state index contributed by atoms with van der Waals surface area (Å²) in [4.78, 5) is 26.1. The van der Waals surface area contributed by atoms with Gasteiger partial charge >= 0.3 is 0 Å². The predicted molar refractivity (Wildman–Crippen MR) is 121 cm³/mol. The summed E-state index contributed by atoms with van der Waals surface area (Å²) >= 11 is 6.20. The number of nitrogens with two attached hydrogens (primary N) is 1. The summed E-state index contributed by atoms with van der Waals surface area (Å²) < 4.78 is 1.60. The van der Waals surface area contributed by atoms with Gasteiger partial charge in [-0.3, -0.25) is 9.59 Å². The first-order valence-electron chi connectivity index (χ1n) is 10.1. The number of hydrogen-bond acceptors (Lipinski definition) is 5. The number of hydrogen-bond donors (Lipinski definition) is 2. The maximum atomic E-state index is 12.5. The van der Waals surface area contributed by atoms with Crippen LogP contribution in [0.5, 0.6) is 0 Å². The molecule has 1 aromatic carbocycles. The van der Waals surface area contributed by atoms with Crippen molar-refractivity contribution in [3.8, 4) is 0 Å². The number of amides is 1. The van der Waals surface area contributed by atoms with E-state index >= 15 is 0 Å². The second kappa shape index (κ2) is 9.37. The van der Waals surface area contributed by atoms with Gasteiger partial charge in [0.1, 0.15) is 5.82 Å². The van der Waals surface area contributed by atoms with Crippen LogP contribution < -0.4 is 21.5 Å². The molecule has 1 aromatic heterocycles. The molecule has 2 aliphatic rings. The summed E-state index contributed by atoms with van der Waals surface area (Å²) in [6.07, 6.45) is 3.39. The molecule has 1 aliphatic heterocycles. The Bertz CT molecular complexity index is 956. The molecule has 3 N–H and O–H groups in total. The van der Waals surface area contributed by atoms with Gasteiger partial charge in [-0.05, 0) is 49.4 Å². The number of benzene rings is 1. The molecule has 1 aliphatic carbocycles. The summed E-state index contributed by atoms with van der Waals surface area (Å²) in [7, 11) is 0. The number of piperazine rings is 1. The average molecular weight is 452 g/mol. The molecular formula is C21H27Cl2N5O2. The highest BCUT2D eigenvalue weighted by atomic mass is 35.5. The second-order valence-corrected chi connectivity index (χ2v) is 8.41. The Hall–Kier alpha value is -2.09. The predicted octanol–water partition coefficient (Wildman–Crippen LogP) is 2.27. The lowest BCUT2D eigenvalue weighted by molar-refractivity contribution is -0.120. The van der Waals surface area contributed by atoms with Crippen molar-refractivity contribution in [3.05, 3.63) is 57.3 Å². The van der Waals surface area contributed by atoms with E-state index in [-0.39, 0.29) is 41.9 Å². The number of nitrogens with one attached hydrogen (secondary N) is 1. The van der Waals surface area contributed by atoms with E-state index in [4.69, 9.17) is 17.3 Å². The molecule has 1 saturated carbocycles. The molecule has 2 fully saturated rings. The van der Waals surface area contributed by atoms with Crippen LogP contribution >= 0.6 is 24.0 Å². The van der Waals surface area contributed by atoms with E-state index in [1.807, 2.05) is 23.1 Å². The van der Waals surface area contributed by atoms with Crippen molar-refractivity contribution in [3.63, 3.8) is 0 Å². The van der Waals surface area contributed by atoms with Gasteiger partial charge in [0.15, 0.2) is 0 Å². The van der Waals surface area contributed by atoms with E-state index in [0.717, 1.165) is 25.7 Å². The van der Waals surface area contributed by atoms with Crippen molar-refractivity contribution in [2.24, 2.45) is 5.73 Å².